The second-order valence-corrected chi connectivity index (χ2v) is 22.8. The number of ether oxygens (including phenoxy) is 3. The third kappa shape index (κ3) is 6.33. The van der Waals surface area contributed by atoms with Crippen LogP contribution in [0.4, 0.5) is 0 Å². The van der Waals surface area contributed by atoms with Crippen LogP contribution in [0.1, 0.15) is 146 Å². The summed E-state index contributed by atoms with van der Waals surface area (Å²) in [5.74, 6) is 2.55. The van der Waals surface area contributed by atoms with Gasteiger partial charge in [0.1, 0.15) is 0 Å². The van der Waals surface area contributed by atoms with Gasteiger partial charge in [-0.2, -0.15) is 0 Å². The number of carbonyl (C=O) groups is 2. The van der Waals surface area contributed by atoms with Gasteiger partial charge in [0.15, 0.2) is 5.41 Å². The average molecular weight is 787 g/mol. The lowest BCUT2D eigenvalue weighted by molar-refractivity contribution is -0.221. The van der Waals surface area contributed by atoms with E-state index in [2.05, 4.69) is 70.5 Å². The molecule has 1 spiro atoms. The van der Waals surface area contributed by atoms with Gasteiger partial charge in [0, 0.05) is 31.7 Å². The van der Waals surface area contributed by atoms with Crippen LogP contribution in [-0.2, 0) is 23.8 Å². The third-order valence-electron chi connectivity index (χ3n) is 18.8. The Morgan fingerprint density at radius 2 is 1.53 bits per heavy atom. The smallest absolute Gasteiger partial charge is 0.323 e. The van der Waals surface area contributed by atoms with Gasteiger partial charge in [-0.05, 0) is 179 Å². The summed E-state index contributed by atoms with van der Waals surface area (Å²) in [6, 6.07) is 0. The molecular formula is C50H78N2O5. The Morgan fingerprint density at radius 3 is 2.14 bits per heavy atom. The normalized spacial score (nSPS) is 41.4. The summed E-state index contributed by atoms with van der Waals surface area (Å²) in [5, 5.41) is 4.32. The van der Waals surface area contributed by atoms with Crippen LogP contribution in [0.5, 0.6) is 0 Å². The standard InChI is InChI=1S/C50H78N2O5/c1-32(2)36-14-19-50(51-22-23-52-24-26-55-27-25-52)21-20-46(10)38(41(36)50)12-13-40-45(9)17-15-37(44(7,8)39(45)16-18-47(40,46)11)35-28-48(29-35)30-49(31-48,42(53)56-33(3)4)43(54)57-34(5)6/h15,28,33-34,36,38-41,51H,1,12-14,16-27,29-31H2,2-11H3/t36-,38+,39-,40+,41+,45-,46+,47+,50-/m0/s1. The van der Waals surface area contributed by atoms with Crippen molar-refractivity contribution in [3.05, 3.63) is 35.5 Å². The van der Waals surface area contributed by atoms with Crippen molar-refractivity contribution in [2.75, 3.05) is 39.4 Å². The van der Waals surface area contributed by atoms with E-state index in [4.69, 9.17) is 14.2 Å². The van der Waals surface area contributed by atoms with Gasteiger partial charge in [-0.15, -0.1) is 0 Å². The summed E-state index contributed by atoms with van der Waals surface area (Å²) in [5.41, 5.74) is 4.30. The lowest BCUT2D eigenvalue weighted by Crippen LogP contribution is -2.68. The minimum Gasteiger partial charge on any atom is -0.462 e. The molecule has 8 aliphatic rings. The van der Waals surface area contributed by atoms with Crippen LogP contribution in [0.15, 0.2) is 35.5 Å². The number of hydrogen-bond acceptors (Lipinski definition) is 7. The molecule has 1 heterocycles. The Morgan fingerprint density at radius 1 is 0.877 bits per heavy atom. The fourth-order valence-electron chi connectivity index (χ4n) is 16.2. The first kappa shape index (κ1) is 41.8. The lowest BCUT2D eigenvalue weighted by atomic mass is 9.32. The number of allylic oxidation sites excluding steroid dienone is 5. The zero-order valence-electron chi connectivity index (χ0n) is 37.6. The maximum atomic E-state index is 13.4. The molecule has 0 aromatic heterocycles. The van der Waals surface area contributed by atoms with Gasteiger partial charge in [0.05, 0.1) is 25.4 Å². The molecule has 1 aliphatic heterocycles. The molecule has 0 bridgehead atoms. The Kier molecular flexibility index (Phi) is 10.5. The van der Waals surface area contributed by atoms with Crippen LogP contribution in [0, 0.1) is 62.1 Å². The quantitative estimate of drug-likeness (QED) is 0.134. The molecule has 1 N–H and O–H groups in total. The number of nitrogens with zero attached hydrogens (tertiary/aromatic N) is 1. The molecule has 0 aromatic rings. The molecule has 6 fully saturated rings. The van der Waals surface area contributed by atoms with E-state index in [-0.39, 0.29) is 34.0 Å². The van der Waals surface area contributed by atoms with E-state index in [9.17, 15) is 9.59 Å². The van der Waals surface area contributed by atoms with Crippen molar-refractivity contribution in [3.63, 3.8) is 0 Å². The van der Waals surface area contributed by atoms with Crippen molar-refractivity contribution in [3.8, 4) is 0 Å². The predicted octanol–water partition coefficient (Wildman–Crippen LogP) is 9.85. The van der Waals surface area contributed by atoms with E-state index in [1.54, 1.807) is 0 Å². The maximum Gasteiger partial charge on any atom is 0.323 e. The highest BCUT2D eigenvalue weighted by Crippen LogP contribution is 2.77. The van der Waals surface area contributed by atoms with Gasteiger partial charge in [-0.1, -0.05) is 58.9 Å². The van der Waals surface area contributed by atoms with Crippen molar-refractivity contribution >= 4 is 11.9 Å². The SMILES string of the molecule is C=C(C)[C@@H]1CC[C@]2(NCCN3CCOCC3)CC[C@]3(C)[C@H](CC[C@@H]4[C@@]5(C)CC=C(C6=CC7(C6)CC(C(=O)OC(C)C)(C(=O)OC(C)C)C7)C(C)(C)[C@@H]5CC[C@]43C)[C@@H]12. The summed E-state index contributed by atoms with van der Waals surface area (Å²) < 4.78 is 17.0. The molecule has 5 saturated carbocycles. The molecule has 8 rings (SSSR count). The Bertz CT molecular complexity index is 1660. The molecule has 318 valence electrons. The number of carbonyl (C=O) groups excluding carboxylic acids is 2. The summed E-state index contributed by atoms with van der Waals surface area (Å²) >= 11 is 0. The molecule has 57 heavy (non-hydrogen) atoms. The van der Waals surface area contributed by atoms with Crippen LogP contribution in [0.25, 0.3) is 0 Å². The van der Waals surface area contributed by atoms with E-state index in [0.29, 0.717) is 47.3 Å². The van der Waals surface area contributed by atoms with Crippen molar-refractivity contribution in [2.45, 2.75) is 164 Å². The molecule has 1 saturated heterocycles. The van der Waals surface area contributed by atoms with Crippen LogP contribution in [-0.4, -0.2) is 74.0 Å². The van der Waals surface area contributed by atoms with Crippen molar-refractivity contribution in [1.82, 2.24) is 10.2 Å². The van der Waals surface area contributed by atoms with Crippen LogP contribution >= 0.6 is 0 Å². The van der Waals surface area contributed by atoms with Gasteiger partial charge < -0.3 is 19.5 Å². The number of rotatable bonds is 10. The van der Waals surface area contributed by atoms with Gasteiger partial charge in [0.25, 0.3) is 0 Å². The van der Waals surface area contributed by atoms with E-state index in [0.717, 1.165) is 58.2 Å². The van der Waals surface area contributed by atoms with Crippen molar-refractivity contribution in [1.29, 1.82) is 0 Å². The summed E-state index contributed by atoms with van der Waals surface area (Å²) in [7, 11) is 0. The maximum absolute atomic E-state index is 13.4. The van der Waals surface area contributed by atoms with Gasteiger partial charge in [-0.25, -0.2) is 0 Å². The van der Waals surface area contributed by atoms with Gasteiger partial charge in [0.2, 0.25) is 0 Å². The topological polar surface area (TPSA) is 77.1 Å². The zero-order valence-corrected chi connectivity index (χ0v) is 37.6. The molecular weight excluding hydrogens is 709 g/mol. The number of nitrogens with one attached hydrogen (secondary N) is 1. The van der Waals surface area contributed by atoms with Crippen LogP contribution in [0.3, 0.4) is 0 Å². The third-order valence-corrected chi connectivity index (χ3v) is 18.8. The first-order chi connectivity index (χ1) is 26.8. The van der Waals surface area contributed by atoms with Gasteiger partial charge in [-0.3, -0.25) is 14.5 Å². The second kappa shape index (κ2) is 14.3. The Balaban J connectivity index is 1.01. The van der Waals surface area contributed by atoms with E-state index in [1.165, 1.54) is 68.1 Å². The van der Waals surface area contributed by atoms with E-state index >= 15 is 0 Å². The van der Waals surface area contributed by atoms with Crippen LogP contribution < -0.4 is 5.32 Å². The number of esters is 2. The van der Waals surface area contributed by atoms with Crippen LogP contribution in [0.2, 0.25) is 0 Å². The predicted molar refractivity (Wildman–Crippen MR) is 227 cm³/mol. The summed E-state index contributed by atoms with van der Waals surface area (Å²) in [6.45, 7) is 33.8. The highest BCUT2D eigenvalue weighted by atomic mass is 16.6. The molecule has 0 radical (unpaired) electrons. The molecule has 9 atom stereocenters. The van der Waals surface area contributed by atoms with Crippen molar-refractivity contribution < 1.29 is 23.8 Å². The summed E-state index contributed by atoms with van der Waals surface area (Å²) in [6.07, 6.45) is 18.2. The van der Waals surface area contributed by atoms with E-state index < -0.39 is 17.4 Å². The highest BCUT2D eigenvalue weighted by molar-refractivity contribution is 6.02. The van der Waals surface area contributed by atoms with Gasteiger partial charge >= 0.3 is 11.9 Å². The monoisotopic (exact) mass is 787 g/mol. The minimum atomic E-state index is -1.19. The Labute approximate surface area is 345 Å². The largest absolute Gasteiger partial charge is 0.462 e. The molecule has 0 aromatic carbocycles. The molecule has 0 amide bonds. The summed E-state index contributed by atoms with van der Waals surface area (Å²) in [4.78, 5) is 29.4. The number of morpholine rings is 1. The van der Waals surface area contributed by atoms with Crippen molar-refractivity contribution in [2.24, 2.45) is 62.1 Å². The zero-order chi connectivity index (χ0) is 41.0. The number of hydrogen-bond donors (Lipinski definition) is 1. The Hall–Kier alpha value is -1.96. The minimum absolute atomic E-state index is 0.0656. The number of fused-ring (bicyclic) bond motifs is 7. The molecule has 0 unspecified atom stereocenters. The molecule has 7 heteroatoms. The first-order valence-corrected chi connectivity index (χ1v) is 23.3. The fraction of sp³-hybridized carbons (Fsp3) is 0.840. The fourth-order valence-corrected chi connectivity index (χ4v) is 16.2. The molecule has 7 aliphatic carbocycles. The average Bonchev–Trinajstić information content (AvgIpc) is 3.48. The highest BCUT2D eigenvalue weighted by Gasteiger charge is 2.71. The second-order valence-electron chi connectivity index (χ2n) is 22.8. The first-order valence-electron chi connectivity index (χ1n) is 23.3. The van der Waals surface area contributed by atoms with E-state index in [1.807, 2.05) is 27.7 Å². The lowest BCUT2D eigenvalue weighted by Gasteiger charge is -2.72. The molecule has 7 nitrogen and oxygen atoms in total.